The zero-order valence-corrected chi connectivity index (χ0v) is 61.1. The molecule has 0 atom stereocenters. The molecule has 0 unspecified atom stereocenters. The van der Waals surface area contributed by atoms with Crippen molar-refractivity contribution in [3.8, 4) is 0 Å². The van der Waals surface area contributed by atoms with Gasteiger partial charge < -0.3 is 41.3 Å². The quantitative estimate of drug-likeness (QED) is 0.0709. The summed E-state index contributed by atoms with van der Waals surface area (Å²) in [4.78, 5) is 68.0. The van der Waals surface area contributed by atoms with Gasteiger partial charge in [0.05, 0.1) is 20.0 Å². The van der Waals surface area contributed by atoms with Gasteiger partial charge in [-0.25, -0.2) is 0 Å². The third-order valence-electron chi connectivity index (χ3n) is 22.8. The SMILES string of the molecule is Cc1nc(NC2CC(C)(C)N(C)C(C)(C)C2)nc(N(CNc2nc(NC3CC(C)(C)N(C)C(C)(C)C3)nc(N(C)C3CC(C)(C)N(C)C(C)(C)C3)n2)CN(C)CNc2nc(NC3CC(C)(C)N(C)C(C)(C)C3)nc(N(C)C3CC(C)(C)N(C)C(C)(C)C3)n2)n1. The van der Waals surface area contributed by atoms with Gasteiger partial charge in [-0.15, -0.1) is 0 Å². The first kappa shape index (κ1) is 70.1. The Morgan fingerprint density at radius 1 is 0.337 bits per heavy atom. The van der Waals surface area contributed by atoms with E-state index < -0.39 is 0 Å². The van der Waals surface area contributed by atoms with Gasteiger partial charge in [-0.2, -0.15) is 44.9 Å². The molecule has 23 heteroatoms. The number of piperidine rings is 5. The van der Waals surface area contributed by atoms with Crippen molar-refractivity contribution in [2.75, 3.05) is 118 Å². The highest BCUT2D eigenvalue weighted by Crippen LogP contribution is 2.44. The van der Waals surface area contributed by atoms with Gasteiger partial charge >= 0.3 is 0 Å². The number of hydrogen-bond donors (Lipinski definition) is 5. The Balaban J connectivity index is 1.13. The molecule has 23 nitrogen and oxygen atoms in total. The molecule has 89 heavy (non-hydrogen) atoms. The lowest BCUT2D eigenvalue weighted by molar-refractivity contribution is -0.0124. The number of anilines is 8. The monoisotopic (exact) mass is 1240 g/mol. The molecule has 502 valence electrons. The van der Waals surface area contributed by atoms with Gasteiger partial charge in [-0.05, 0) is 252 Å². The van der Waals surface area contributed by atoms with Gasteiger partial charge in [-0.3, -0.25) is 29.4 Å². The Labute approximate surface area is 538 Å². The van der Waals surface area contributed by atoms with E-state index in [4.69, 9.17) is 44.9 Å². The summed E-state index contributed by atoms with van der Waals surface area (Å²) in [6.07, 6.45) is 9.49. The Hall–Kier alpha value is -4.81. The molecule has 0 aliphatic carbocycles. The second-order valence-electron chi connectivity index (χ2n) is 34.3. The van der Waals surface area contributed by atoms with E-state index in [1.807, 2.05) is 6.92 Å². The van der Waals surface area contributed by atoms with Crippen molar-refractivity contribution in [3.05, 3.63) is 5.82 Å². The molecule has 0 aromatic carbocycles. The van der Waals surface area contributed by atoms with Crippen molar-refractivity contribution in [1.82, 2.24) is 74.3 Å². The summed E-state index contributed by atoms with van der Waals surface area (Å²) in [6, 6.07) is 0.839. The molecular formula is C66H123N23. The van der Waals surface area contributed by atoms with Gasteiger partial charge in [0.1, 0.15) is 5.82 Å². The maximum Gasteiger partial charge on any atom is 0.232 e. The zero-order valence-electron chi connectivity index (χ0n) is 61.1. The number of aromatic nitrogens is 9. The highest BCUT2D eigenvalue weighted by atomic mass is 15.5. The number of hydrogen-bond acceptors (Lipinski definition) is 23. The Morgan fingerprint density at radius 2 is 0.596 bits per heavy atom. The second kappa shape index (κ2) is 24.6. The summed E-state index contributed by atoms with van der Waals surface area (Å²) in [5.41, 5.74) is -0.333. The van der Waals surface area contributed by atoms with Gasteiger partial charge in [0.2, 0.25) is 47.6 Å². The van der Waals surface area contributed by atoms with Crippen LogP contribution in [0.3, 0.4) is 0 Å². The highest BCUT2D eigenvalue weighted by molar-refractivity contribution is 5.48. The van der Waals surface area contributed by atoms with Crippen LogP contribution in [0.4, 0.5) is 47.6 Å². The maximum atomic E-state index is 5.27. The Kier molecular flexibility index (Phi) is 19.4. The average molecular weight is 1240 g/mol. The first-order valence-electron chi connectivity index (χ1n) is 33.2. The number of aryl methyl sites for hydroxylation is 1. The maximum absolute atomic E-state index is 5.27. The number of rotatable bonds is 19. The van der Waals surface area contributed by atoms with Crippen LogP contribution < -0.4 is 41.3 Å². The molecule has 3 aromatic rings. The largest absolute Gasteiger partial charge is 0.351 e. The van der Waals surface area contributed by atoms with Crippen LogP contribution in [0.5, 0.6) is 0 Å². The van der Waals surface area contributed by atoms with Crippen molar-refractivity contribution >= 4 is 47.6 Å². The van der Waals surface area contributed by atoms with Crippen LogP contribution in [-0.2, 0) is 0 Å². The summed E-state index contributed by atoms with van der Waals surface area (Å²) in [5, 5.41) is 18.8. The highest BCUT2D eigenvalue weighted by Gasteiger charge is 2.49. The van der Waals surface area contributed by atoms with Crippen molar-refractivity contribution in [3.63, 3.8) is 0 Å². The van der Waals surface area contributed by atoms with Crippen LogP contribution in [0.2, 0.25) is 0 Å². The summed E-state index contributed by atoms with van der Waals surface area (Å²) in [6.45, 7) is 49.7. The first-order valence-corrected chi connectivity index (χ1v) is 33.2. The molecule has 5 aliphatic rings. The van der Waals surface area contributed by atoms with Crippen LogP contribution in [0.15, 0.2) is 0 Å². The van der Waals surface area contributed by atoms with Crippen molar-refractivity contribution < 1.29 is 0 Å². The predicted octanol–water partition coefficient (Wildman–Crippen LogP) is 9.75. The minimum atomic E-state index is -0.0416. The molecule has 5 aliphatic heterocycles. The summed E-state index contributed by atoms with van der Waals surface area (Å²) in [7, 11) is 17.6. The van der Waals surface area contributed by atoms with Crippen molar-refractivity contribution in [2.45, 2.75) is 295 Å². The van der Waals surface area contributed by atoms with E-state index in [1.54, 1.807) is 0 Å². The number of nitrogens with zero attached hydrogens (tertiary/aromatic N) is 18. The minimum absolute atomic E-state index is 0.0245. The fourth-order valence-corrected chi connectivity index (χ4v) is 16.4. The molecule has 5 saturated heterocycles. The van der Waals surface area contributed by atoms with E-state index in [2.05, 4.69) is 266 Å². The standard InChI is InChI=1S/C66H123N23/c1-43-69-51(71-44-30-57(2,3)84(25)58(4,5)31-44)80-56(70-43)89(41-68-50-75-53(73-46-34-61(10,11)86(27)62(12,13)35-46)79-55(77-50)83(24)48-38-65(18,19)88(29)66(20,21)39-48)42-81(22)40-67-49-74-52(72-45-32-59(6,7)85(26)60(8,9)33-45)78-54(76-49)82(23)47-36-63(14,15)87(28)64(16,17)37-47/h44-48H,30-42H2,1-29H3,(H,69,70,71,80)(H2,67,72,74,76,78)(H2,68,73,75,77,79). The molecule has 0 spiro atoms. The molecule has 5 N–H and O–H groups in total. The van der Waals surface area contributed by atoms with E-state index in [9.17, 15) is 0 Å². The average Bonchev–Trinajstić information content (AvgIpc) is 1.16. The van der Waals surface area contributed by atoms with Crippen LogP contribution in [0.1, 0.15) is 209 Å². The first-order chi connectivity index (χ1) is 40.6. The lowest BCUT2D eigenvalue weighted by atomic mass is 9.77. The molecule has 0 bridgehead atoms. The van der Waals surface area contributed by atoms with Crippen molar-refractivity contribution in [1.29, 1.82) is 0 Å². The molecule has 0 saturated carbocycles. The second-order valence-corrected chi connectivity index (χ2v) is 34.3. The molecule has 5 fully saturated rings. The van der Waals surface area contributed by atoms with E-state index in [1.165, 1.54) is 0 Å². The van der Waals surface area contributed by atoms with Crippen LogP contribution in [0.25, 0.3) is 0 Å². The van der Waals surface area contributed by atoms with Crippen molar-refractivity contribution in [2.24, 2.45) is 0 Å². The minimum Gasteiger partial charge on any atom is -0.351 e. The summed E-state index contributed by atoms with van der Waals surface area (Å²) < 4.78 is 0. The molecule has 0 radical (unpaired) electrons. The lowest BCUT2D eigenvalue weighted by Crippen LogP contribution is -2.62. The predicted molar refractivity (Wildman–Crippen MR) is 369 cm³/mol. The lowest BCUT2D eigenvalue weighted by Gasteiger charge is -2.55. The third kappa shape index (κ3) is 15.6. The Bertz CT molecular complexity index is 2840. The number of likely N-dealkylation sites (tertiary alicyclic amines) is 5. The molecule has 3 aromatic heterocycles. The van der Waals surface area contributed by atoms with E-state index >= 15 is 0 Å². The van der Waals surface area contributed by atoms with E-state index in [-0.39, 0.29) is 92.3 Å². The molecular weight excluding hydrogens is 1110 g/mol. The van der Waals surface area contributed by atoms with E-state index in [0.717, 1.165) is 64.2 Å². The topological polar surface area (TPSA) is 205 Å². The van der Waals surface area contributed by atoms with Gasteiger partial charge in [-0.1, -0.05) is 0 Å². The van der Waals surface area contributed by atoms with Gasteiger partial charge in [0, 0.05) is 99.7 Å². The zero-order chi connectivity index (χ0) is 66.4. The molecule has 8 heterocycles. The van der Waals surface area contributed by atoms with Crippen LogP contribution in [-0.4, -0.2) is 236 Å². The summed E-state index contributed by atoms with van der Waals surface area (Å²) >= 11 is 0. The van der Waals surface area contributed by atoms with Crippen LogP contribution in [0, 0.1) is 6.92 Å². The third-order valence-corrected chi connectivity index (χ3v) is 22.8. The smallest absolute Gasteiger partial charge is 0.232 e. The van der Waals surface area contributed by atoms with Crippen LogP contribution >= 0.6 is 0 Å². The van der Waals surface area contributed by atoms with E-state index in [0.29, 0.717) is 66.7 Å². The number of nitrogens with one attached hydrogen (secondary N) is 5. The van der Waals surface area contributed by atoms with Gasteiger partial charge in [0.15, 0.2) is 0 Å². The fourth-order valence-electron chi connectivity index (χ4n) is 16.4. The molecule has 0 amide bonds. The molecule has 8 rings (SSSR count). The summed E-state index contributed by atoms with van der Waals surface area (Å²) in [5.74, 6) is 5.05. The normalized spacial score (nSPS) is 24.9. The Morgan fingerprint density at radius 3 is 0.910 bits per heavy atom. The van der Waals surface area contributed by atoms with Gasteiger partial charge in [0.25, 0.3) is 0 Å². The fraction of sp³-hybridized carbons (Fsp3) is 0.864.